The van der Waals surface area contributed by atoms with E-state index in [9.17, 15) is 0 Å². The Morgan fingerprint density at radius 1 is 0.903 bits per heavy atom. The normalized spacial score (nSPS) is 15.2. The molecule has 5 rings (SSSR count). The molecule has 3 N–H and O–H groups in total. The van der Waals surface area contributed by atoms with Crippen molar-refractivity contribution < 1.29 is 0 Å². The minimum Gasteiger partial charge on any atom is -0.384 e. The van der Waals surface area contributed by atoms with Gasteiger partial charge in [-0.3, -0.25) is 5.10 Å². The molecule has 3 heterocycles. The summed E-state index contributed by atoms with van der Waals surface area (Å²) in [5, 5.41) is 8.74. The number of H-pyrrole nitrogens is 1. The molecule has 1 aliphatic heterocycles. The van der Waals surface area contributed by atoms with Crippen molar-refractivity contribution in [2.45, 2.75) is 0 Å². The second-order valence-corrected chi connectivity index (χ2v) is 8.05. The van der Waals surface area contributed by atoms with Crippen LogP contribution in [0, 0.1) is 0 Å². The summed E-state index contributed by atoms with van der Waals surface area (Å²) in [5.74, 6) is 0.518. The number of anilines is 2. The van der Waals surface area contributed by atoms with Crippen LogP contribution in [-0.4, -0.2) is 53.3 Å². The van der Waals surface area contributed by atoms with Crippen LogP contribution in [0.15, 0.2) is 60.8 Å². The highest BCUT2D eigenvalue weighted by atomic mass is 15.2. The van der Waals surface area contributed by atoms with Crippen molar-refractivity contribution in [1.82, 2.24) is 20.1 Å². The molecule has 4 aromatic rings. The van der Waals surface area contributed by atoms with E-state index in [1.165, 1.54) is 5.69 Å². The van der Waals surface area contributed by atoms with E-state index >= 15 is 0 Å². The molecule has 0 radical (unpaired) electrons. The molecular formula is C25H26N6. The number of hydrogen-bond acceptors (Lipinski definition) is 5. The zero-order valence-electron chi connectivity index (χ0n) is 17.6. The molecule has 1 aliphatic rings. The Balaban J connectivity index is 1.33. The first-order chi connectivity index (χ1) is 15.2. The minimum atomic E-state index is 0.518. The summed E-state index contributed by atoms with van der Waals surface area (Å²) in [6.07, 6.45) is 5.90. The van der Waals surface area contributed by atoms with Crippen LogP contribution in [0.4, 0.5) is 11.5 Å². The van der Waals surface area contributed by atoms with E-state index in [1.54, 1.807) is 6.20 Å². The van der Waals surface area contributed by atoms with Crippen molar-refractivity contribution in [3.8, 4) is 11.1 Å². The van der Waals surface area contributed by atoms with Gasteiger partial charge < -0.3 is 15.5 Å². The quantitative estimate of drug-likeness (QED) is 0.529. The number of fused-ring (bicyclic) bond motifs is 1. The van der Waals surface area contributed by atoms with Gasteiger partial charge in [0.1, 0.15) is 5.82 Å². The number of nitrogens with one attached hydrogen (secondary N) is 1. The van der Waals surface area contributed by atoms with Crippen LogP contribution in [-0.2, 0) is 0 Å². The summed E-state index contributed by atoms with van der Waals surface area (Å²) in [5.41, 5.74) is 12.3. The Morgan fingerprint density at radius 3 is 2.45 bits per heavy atom. The van der Waals surface area contributed by atoms with Crippen LogP contribution < -0.4 is 10.6 Å². The lowest BCUT2D eigenvalue weighted by Gasteiger charge is -2.34. The van der Waals surface area contributed by atoms with Crippen LogP contribution in [0.2, 0.25) is 0 Å². The first-order valence-corrected chi connectivity index (χ1v) is 10.6. The third-order valence-corrected chi connectivity index (χ3v) is 5.90. The molecule has 0 amide bonds. The van der Waals surface area contributed by atoms with Gasteiger partial charge in [0, 0.05) is 43.4 Å². The molecule has 0 saturated carbocycles. The number of piperazine rings is 1. The minimum absolute atomic E-state index is 0.518. The van der Waals surface area contributed by atoms with Crippen LogP contribution >= 0.6 is 0 Å². The number of nitrogens with two attached hydrogens (primary N) is 1. The molecule has 1 saturated heterocycles. The van der Waals surface area contributed by atoms with Crippen LogP contribution in [0.1, 0.15) is 11.3 Å². The fourth-order valence-corrected chi connectivity index (χ4v) is 4.01. The SMILES string of the molecule is CN1CCN(c2ccc(/C=C/c3n[nH]c4cc(-c5ccnc(N)c5)ccc34)cc2)CC1. The lowest BCUT2D eigenvalue weighted by atomic mass is 10.0. The van der Waals surface area contributed by atoms with Crippen LogP contribution in [0.25, 0.3) is 34.2 Å². The summed E-state index contributed by atoms with van der Waals surface area (Å²) in [6, 6.07) is 18.9. The molecule has 1 fully saturated rings. The molecule has 2 aromatic carbocycles. The molecule has 0 atom stereocenters. The monoisotopic (exact) mass is 410 g/mol. The van der Waals surface area contributed by atoms with E-state index in [1.807, 2.05) is 12.1 Å². The lowest BCUT2D eigenvalue weighted by Crippen LogP contribution is -2.44. The predicted octanol–water partition coefficient (Wildman–Crippen LogP) is 4.13. The van der Waals surface area contributed by atoms with Gasteiger partial charge in [-0.2, -0.15) is 5.10 Å². The van der Waals surface area contributed by atoms with E-state index in [2.05, 4.69) is 86.6 Å². The Kier molecular flexibility index (Phi) is 5.14. The Bertz CT molecular complexity index is 1220. The number of nitrogen functional groups attached to an aromatic ring is 1. The molecule has 6 heteroatoms. The van der Waals surface area contributed by atoms with Gasteiger partial charge in [0.15, 0.2) is 0 Å². The van der Waals surface area contributed by atoms with Gasteiger partial charge in [0.2, 0.25) is 0 Å². The largest absolute Gasteiger partial charge is 0.384 e. The second-order valence-electron chi connectivity index (χ2n) is 8.05. The van der Waals surface area contributed by atoms with Gasteiger partial charge in [-0.05, 0) is 66.2 Å². The van der Waals surface area contributed by atoms with Gasteiger partial charge in [-0.25, -0.2) is 4.98 Å². The molecular weight excluding hydrogens is 384 g/mol. The van der Waals surface area contributed by atoms with Crippen molar-refractivity contribution in [3.63, 3.8) is 0 Å². The number of hydrogen-bond donors (Lipinski definition) is 2. The predicted molar refractivity (Wildman–Crippen MR) is 129 cm³/mol. The first kappa shape index (κ1) is 19.3. The number of rotatable bonds is 4. The zero-order valence-corrected chi connectivity index (χ0v) is 17.6. The molecule has 156 valence electrons. The van der Waals surface area contributed by atoms with Crippen LogP contribution in [0.3, 0.4) is 0 Å². The van der Waals surface area contributed by atoms with E-state index in [0.717, 1.165) is 59.5 Å². The van der Waals surface area contributed by atoms with E-state index < -0.39 is 0 Å². The van der Waals surface area contributed by atoms with Gasteiger partial charge in [0.05, 0.1) is 11.2 Å². The number of aromatic nitrogens is 3. The topological polar surface area (TPSA) is 74.1 Å². The third-order valence-electron chi connectivity index (χ3n) is 5.90. The summed E-state index contributed by atoms with van der Waals surface area (Å²) < 4.78 is 0. The number of benzene rings is 2. The number of likely N-dealkylation sites (N-methyl/N-ethyl adjacent to an activating group) is 1. The number of pyridine rings is 1. The van der Waals surface area contributed by atoms with Crippen molar-refractivity contribution in [1.29, 1.82) is 0 Å². The number of nitrogens with zero attached hydrogens (tertiary/aromatic N) is 4. The summed E-state index contributed by atoms with van der Waals surface area (Å²) in [4.78, 5) is 8.88. The summed E-state index contributed by atoms with van der Waals surface area (Å²) in [7, 11) is 2.18. The molecule has 0 bridgehead atoms. The Hall–Kier alpha value is -3.64. The first-order valence-electron chi connectivity index (χ1n) is 10.6. The highest BCUT2D eigenvalue weighted by Crippen LogP contribution is 2.26. The molecule has 31 heavy (non-hydrogen) atoms. The molecule has 2 aromatic heterocycles. The average Bonchev–Trinajstić information content (AvgIpc) is 3.21. The summed E-state index contributed by atoms with van der Waals surface area (Å²) in [6.45, 7) is 4.40. The van der Waals surface area contributed by atoms with Gasteiger partial charge >= 0.3 is 0 Å². The average molecular weight is 411 g/mol. The lowest BCUT2D eigenvalue weighted by molar-refractivity contribution is 0.313. The molecule has 0 unspecified atom stereocenters. The smallest absolute Gasteiger partial charge is 0.123 e. The number of aromatic amines is 1. The van der Waals surface area contributed by atoms with Crippen LogP contribution in [0.5, 0.6) is 0 Å². The maximum absolute atomic E-state index is 5.82. The summed E-state index contributed by atoms with van der Waals surface area (Å²) >= 11 is 0. The maximum Gasteiger partial charge on any atom is 0.123 e. The zero-order chi connectivity index (χ0) is 21.2. The van der Waals surface area contributed by atoms with Gasteiger partial charge in [0.25, 0.3) is 0 Å². The van der Waals surface area contributed by atoms with E-state index in [0.29, 0.717) is 5.82 Å². The van der Waals surface area contributed by atoms with Crippen molar-refractivity contribution in [3.05, 3.63) is 72.1 Å². The molecule has 0 aliphatic carbocycles. The van der Waals surface area contributed by atoms with Gasteiger partial charge in [-0.15, -0.1) is 0 Å². The van der Waals surface area contributed by atoms with E-state index in [4.69, 9.17) is 5.73 Å². The van der Waals surface area contributed by atoms with Crippen molar-refractivity contribution in [2.24, 2.45) is 0 Å². The fourth-order valence-electron chi connectivity index (χ4n) is 4.01. The Labute approximate surface area is 182 Å². The molecule has 6 nitrogen and oxygen atoms in total. The maximum atomic E-state index is 5.82. The second kappa shape index (κ2) is 8.24. The standard InChI is InChI=1S/C25H26N6/c1-30-12-14-31(15-13-30)21-6-2-18(3-7-21)4-9-23-22-8-5-19(16-24(22)29-28-23)20-10-11-27-25(26)17-20/h2-11,16-17H,12-15H2,1H3,(H2,26,27)(H,28,29)/b9-4+. The Morgan fingerprint density at radius 2 is 1.68 bits per heavy atom. The fraction of sp³-hybridized carbons (Fsp3) is 0.200. The van der Waals surface area contributed by atoms with Crippen molar-refractivity contribution in [2.75, 3.05) is 43.9 Å². The third kappa shape index (κ3) is 4.15. The molecule has 0 spiro atoms. The van der Waals surface area contributed by atoms with Gasteiger partial charge in [-0.1, -0.05) is 24.3 Å². The highest BCUT2D eigenvalue weighted by molar-refractivity contribution is 5.92. The van der Waals surface area contributed by atoms with E-state index in [-0.39, 0.29) is 0 Å². The van der Waals surface area contributed by atoms with Crippen molar-refractivity contribution >= 4 is 34.6 Å². The highest BCUT2D eigenvalue weighted by Gasteiger charge is 2.13.